The summed E-state index contributed by atoms with van der Waals surface area (Å²) in [5.74, 6) is 1.67. The summed E-state index contributed by atoms with van der Waals surface area (Å²) in [6.45, 7) is 8.90. The maximum Gasteiger partial charge on any atom is 0.134 e. The van der Waals surface area contributed by atoms with E-state index >= 15 is 0 Å². The standard InChI is InChI=1S/C16H22BrNO/c1-5-10(2)11(3)18-12(4)16-9-13-8-14(17)6-7-15(13)19-16/h6-12,18H,5H2,1-4H3. The molecule has 3 atom stereocenters. The maximum atomic E-state index is 5.92. The fourth-order valence-corrected chi connectivity index (χ4v) is 2.62. The Morgan fingerprint density at radius 2 is 1.95 bits per heavy atom. The molecule has 104 valence electrons. The van der Waals surface area contributed by atoms with Crippen LogP contribution in [0.5, 0.6) is 0 Å². The number of hydrogen-bond acceptors (Lipinski definition) is 2. The van der Waals surface area contributed by atoms with Gasteiger partial charge >= 0.3 is 0 Å². The lowest BCUT2D eigenvalue weighted by Crippen LogP contribution is -2.33. The highest BCUT2D eigenvalue weighted by Crippen LogP contribution is 2.27. The Hall–Kier alpha value is -0.800. The molecule has 2 nitrogen and oxygen atoms in total. The number of benzene rings is 1. The van der Waals surface area contributed by atoms with Crippen molar-refractivity contribution >= 4 is 26.9 Å². The summed E-state index contributed by atoms with van der Waals surface area (Å²) in [7, 11) is 0. The smallest absolute Gasteiger partial charge is 0.134 e. The van der Waals surface area contributed by atoms with E-state index in [-0.39, 0.29) is 6.04 Å². The minimum atomic E-state index is 0.232. The van der Waals surface area contributed by atoms with Crippen LogP contribution in [0.1, 0.15) is 45.9 Å². The van der Waals surface area contributed by atoms with E-state index in [0.29, 0.717) is 12.0 Å². The van der Waals surface area contributed by atoms with Crippen LogP contribution in [0.4, 0.5) is 0 Å². The summed E-state index contributed by atoms with van der Waals surface area (Å²) in [5, 5.41) is 4.76. The maximum absolute atomic E-state index is 5.92. The number of fused-ring (bicyclic) bond motifs is 1. The Kier molecular flexibility index (Phi) is 4.69. The van der Waals surface area contributed by atoms with Crippen molar-refractivity contribution in [1.82, 2.24) is 5.32 Å². The van der Waals surface area contributed by atoms with Gasteiger partial charge in [-0.05, 0) is 44.0 Å². The largest absolute Gasteiger partial charge is 0.459 e. The van der Waals surface area contributed by atoms with E-state index in [1.54, 1.807) is 0 Å². The van der Waals surface area contributed by atoms with Crippen molar-refractivity contribution in [3.63, 3.8) is 0 Å². The Morgan fingerprint density at radius 1 is 1.21 bits per heavy atom. The normalized spacial score (nSPS) is 16.5. The van der Waals surface area contributed by atoms with Gasteiger partial charge in [0.1, 0.15) is 11.3 Å². The van der Waals surface area contributed by atoms with Crippen molar-refractivity contribution in [1.29, 1.82) is 0 Å². The third kappa shape index (κ3) is 3.40. The van der Waals surface area contributed by atoms with Gasteiger partial charge in [0.05, 0.1) is 6.04 Å². The molecule has 1 N–H and O–H groups in total. The van der Waals surface area contributed by atoms with Crippen molar-refractivity contribution in [3.05, 3.63) is 34.5 Å². The minimum Gasteiger partial charge on any atom is -0.459 e. The molecule has 3 heteroatoms. The van der Waals surface area contributed by atoms with Gasteiger partial charge in [0, 0.05) is 15.9 Å². The highest BCUT2D eigenvalue weighted by Gasteiger charge is 2.17. The van der Waals surface area contributed by atoms with Gasteiger partial charge in [-0.25, -0.2) is 0 Å². The SMILES string of the molecule is CCC(C)C(C)NC(C)c1cc2cc(Br)ccc2o1. The van der Waals surface area contributed by atoms with Crippen LogP contribution < -0.4 is 5.32 Å². The Balaban J connectivity index is 2.15. The molecule has 0 amide bonds. The first-order valence-electron chi connectivity index (χ1n) is 6.96. The molecule has 0 radical (unpaired) electrons. The summed E-state index contributed by atoms with van der Waals surface area (Å²) < 4.78 is 7.00. The molecule has 2 rings (SSSR count). The van der Waals surface area contributed by atoms with E-state index in [4.69, 9.17) is 4.42 Å². The van der Waals surface area contributed by atoms with Crippen molar-refractivity contribution in [3.8, 4) is 0 Å². The molecule has 0 saturated heterocycles. The van der Waals surface area contributed by atoms with Crippen LogP contribution in [0, 0.1) is 5.92 Å². The van der Waals surface area contributed by atoms with Gasteiger partial charge < -0.3 is 9.73 Å². The Morgan fingerprint density at radius 3 is 2.63 bits per heavy atom. The average Bonchev–Trinajstić information content (AvgIpc) is 2.80. The van der Waals surface area contributed by atoms with Crippen LogP contribution in [0.15, 0.2) is 33.2 Å². The highest BCUT2D eigenvalue weighted by atomic mass is 79.9. The molecule has 1 aromatic carbocycles. The minimum absolute atomic E-state index is 0.232. The third-order valence-corrected chi connectivity index (χ3v) is 4.43. The lowest BCUT2D eigenvalue weighted by Gasteiger charge is -2.23. The first-order valence-corrected chi connectivity index (χ1v) is 7.75. The molecule has 1 heterocycles. The molecule has 0 aliphatic carbocycles. The van der Waals surface area contributed by atoms with Gasteiger partial charge in [-0.3, -0.25) is 0 Å². The van der Waals surface area contributed by atoms with E-state index in [1.807, 2.05) is 12.1 Å². The molecule has 0 spiro atoms. The number of furan rings is 1. The summed E-state index contributed by atoms with van der Waals surface area (Å²) in [6.07, 6.45) is 1.19. The van der Waals surface area contributed by atoms with Gasteiger partial charge in [0.25, 0.3) is 0 Å². The van der Waals surface area contributed by atoms with Crippen LogP contribution in [0.25, 0.3) is 11.0 Å². The molecule has 2 aromatic rings. The molecule has 1 aromatic heterocycles. The summed E-state index contributed by atoms with van der Waals surface area (Å²) >= 11 is 3.49. The zero-order valence-corrected chi connectivity index (χ0v) is 13.6. The molecule has 0 fully saturated rings. The zero-order chi connectivity index (χ0) is 14.0. The van der Waals surface area contributed by atoms with Gasteiger partial charge in [0.15, 0.2) is 0 Å². The van der Waals surface area contributed by atoms with Gasteiger partial charge in [-0.1, -0.05) is 36.2 Å². The lowest BCUT2D eigenvalue weighted by atomic mass is 10.00. The fourth-order valence-electron chi connectivity index (χ4n) is 2.24. The van der Waals surface area contributed by atoms with Gasteiger partial charge in [-0.2, -0.15) is 0 Å². The van der Waals surface area contributed by atoms with E-state index in [0.717, 1.165) is 21.2 Å². The molecule has 0 aliphatic rings. The number of rotatable bonds is 5. The van der Waals surface area contributed by atoms with Crippen LogP contribution >= 0.6 is 15.9 Å². The number of hydrogen-bond donors (Lipinski definition) is 1. The summed E-state index contributed by atoms with van der Waals surface area (Å²) in [4.78, 5) is 0. The number of nitrogens with one attached hydrogen (secondary N) is 1. The average molecular weight is 324 g/mol. The molecule has 3 unspecified atom stereocenters. The quantitative estimate of drug-likeness (QED) is 0.809. The molecule has 19 heavy (non-hydrogen) atoms. The monoisotopic (exact) mass is 323 g/mol. The molecular formula is C16H22BrNO. The highest BCUT2D eigenvalue weighted by molar-refractivity contribution is 9.10. The van der Waals surface area contributed by atoms with Crippen molar-refractivity contribution in [2.45, 2.75) is 46.2 Å². The van der Waals surface area contributed by atoms with E-state index < -0.39 is 0 Å². The first kappa shape index (κ1) is 14.6. The molecule has 0 saturated carbocycles. The predicted molar refractivity (Wildman–Crippen MR) is 84.4 cm³/mol. The second-order valence-corrected chi connectivity index (χ2v) is 6.31. The topological polar surface area (TPSA) is 25.2 Å². The van der Waals surface area contributed by atoms with Crippen LogP contribution in [0.2, 0.25) is 0 Å². The predicted octanol–water partition coefficient (Wildman–Crippen LogP) is 5.28. The van der Waals surface area contributed by atoms with Crippen molar-refractivity contribution in [2.75, 3.05) is 0 Å². The van der Waals surface area contributed by atoms with Crippen molar-refractivity contribution < 1.29 is 4.42 Å². The fraction of sp³-hybridized carbons (Fsp3) is 0.500. The second kappa shape index (κ2) is 6.10. The lowest BCUT2D eigenvalue weighted by molar-refractivity contribution is 0.337. The Bertz CT molecular complexity index is 549. The zero-order valence-electron chi connectivity index (χ0n) is 12.0. The molecular weight excluding hydrogens is 302 g/mol. The molecule has 0 aliphatic heterocycles. The summed E-state index contributed by atoms with van der Waals surface area (Å²) in [6, 6.07) is 8.95. The Labute approximate surface area is 123 Å². The van der Waals surface area contributed by atoms with Crippen LogP contribution in [-0.4, -0.2) is 6.04 Å². The van der Waals surface area contributed by atoms with E-state index in [9.17, 15) is 0 Å². The van der Waals surface area contributed by atoms with Crippen molar-refractivity contribution in [2.24, 2.45) is 5.92 Å². The van der Waals surface area contributed by atoms with E-state index in [2.05, 4.69) is 61.1 Å². The van der Waals surface area contributed by atoms with Gasteiger partial charge in [0.2, 0.25) is 0 Å². The van der Waals surface area contributed by atoms with Gasteiger partial charge in [-0.15, -0.1) is 0 Å². The van der Waals surface area contributed by atoms with Crippen LogP contribution in [-0.2, 0) is 0 Å². The second-order valence-electron chi connectivity index (χ2n) is 5.39. The molecule has 0 bridgehead atoms. The first-order chi connectivity index (χ1) is 9.01. The van der Waals surface area contributed by atoms with Crippen LogP contribution in [0.3, 0.4) is 0 Å². The summed E-state index contributed by atoms with van der Waals surface area (Å²) in [5.41, 5.74) is 0.947. The van der Waals surface area contributed by atoms with E-state index in [1.165, 1.54) is 6.42 Å². The third-order valence-electron chi connectivity index (χ3n) is 3.93. The number of halogens is 1.